The number of hydrogen-bond acceptors (Lipinski definition) is 8. The van der Waals surface area contributed by atoms with E-state index in [1.807, 2.05) is 4.90 Å². The van der Waals surface area contributed by atoms with Crippen molar-refractivity contribution in [3.05, 3.63) is 16.4 Å². The third-order valence-electron chi connectivity index (χ3n) is 7.22. The number of carbonyl (C=O) groups is 1. The predicted molar refractivity (Wildman–Crippen MR) is 149 cm³/mol. The maximum Gasteiger partial charge on any atom is 0.353 e. The molecule has 37 heavy (non-hydrogen) atoms. The average Bonchev–Trinajstić information content (AvgIpc) is 2.90. The van der Waals surface area contributed by atoms with E-state index in [-0.39, 0.29) is 23.4 Å². The maximum atomic E-state index is 12.0. The van der Waals surface area contributed by atoms with Gasteiger partial charge in [0.25, 0.3) is 0 Å². The number of rotatable bonds is 20. The Kier molecular flexibility index (Phi) is 15.6. The van der Waals surface area contributed by atoms with Gasteiger partial charge in [0.2, 0.25) is 11.6 Å². The quantitative estimate of drug-likeness (QED) is 0.0843. The lowest BCUT2D eigenvalue weighted by Crippen LogP contribution is -2.37. The summed E-state index contributed by atoms with van der Waals surface area (Å²) in [6, 6.07) is 0. The molecule has 0 aromatic carbocycles. The number of aromatic nitrogens is 2. The Morgan fingerprint density at radius 2 is 1.49 bits per heavy atom. The molecule has 0 unspecified atom stereocenters. The Hall–Kier alpha value is -2.45. The number of nitro groups is 1. The zero-order chi connectivity index (χ0) is 26.7. The number of hydrogen-bond donors (Lipinski definition) is 1. The fraction of sp³-hybridized carbons (Fsp3) is 0.821. The van der Waals surface area contributed by atoms with Gasteiger partial charge in [0.15, 0.2) is 0 Å². The van der Waals surface area contributed by atoms with Crippen molar-refractivity contribution in [1.29, 1.82) is 0 Å². The van der Waals surface area contributed by atoms with Crippen molar-refractivity contribution in [3.63, 3.8) is 0 Å². The van der Waals surface area contributed by atoms with Crippen LogP contribution in [0.3, 0.4) is 0 Å². The Morgan fingerprint density at radius 3 is 2.00 bits per heavy atom. The molecule has 1 aliphatic rings. The first kappa shape index (κ1) is 30.8. The molecule has 2 heterocycles. The monoisotopic (exact) mass is 519 g/mol. The summed E-state index contributed by atoms with van der Waals surface area (Å²) in [6.45, 7) is 6.13. The molecule has 0 radical (unpaired) electrons. The standard InChI is InChI=1S/C28H49N5O4/c1-3-5-6-7-8-9-10-11-12-13-14-15-16-17-20-29-26-25(33(35)36)27(31-23-30-26)32-21-18-24(19-22-32)28(34)37-4-2/h23-24H,3-22H2,1-2H3,(H,29,30,31). The topological polar surface area (TPSA) is 110 Å². The van der Waals surface area contributed by atoms with Crippen LogP contribution in [0.1, 0.15) is 117 Å². The molecule has 1 aromatic rings. The zero-order valence-corrected chi connectivity index (χ0v) is 23.2. The van der Waals surface area contributed by atoms with Gasteiger partial charge in [-0.05, 0) is 26.2 Å². The minimum atomic E-state index is -0.402. The van der Waals surface area contributed by atoms with Crippen molar-refractivity contribution < 1.29 is 14.5 Å². The number of anilines is 2. The Morgan fingerprint density at radius 1 is 0.946 bits per heavy atom. The van der Waals surface area contributed by atoms with Gasteiger partial charge in [-0.1, -0.05) is 90.4 Å². The van der Waals surface area contributed by atoms with Gasteiger partial charge in [-0.25, -0.2) is 9.97 Å². The highest BCUT2D eigenvalue weighted by atomic mass is 16.6. The first-order chi connectivity index (χ1) is 18.1. The van der Waals surface area contributed by atoms with E-state index in [4.69, 9.17) is 4.74 Å². The van der Waals surface area contributed by atoms with E-state index in [1.54, 1.807) is 6.92 Å². The molecule has 2 rings (SSSR count). The molecule has 0 atom stereocenters. The maximum absolute atomic E-state index is 12.0. The summed E-state index contributed by atoms with van der Waals surface area (Å²) in [7, 11) is 0. The number of unbranched alkanes of at least 4 members (excludes halogenated alkanes) is 13. The van der Waals surface area contributed by atoms with Crippen LogP contribution in [-0.4, -0.2) is 47.1 Å². The van der Waals surface area contributed by atoms with Gasteiger partial charge in [0.05, 0.1) is 17.4 Å². The lowest BCUT2D eigenvalue weighted by molar-refractivity contribution is -0.383. The molecule has 9 nitrogen and oxygen atoms in total. The summed E-state index contributed by atoms with van der Waals surface area (Å²) in [4.78, 5) is 33.8. The van der Waals surface area contributed by atoms with E-state index >= 15 is 0 Å². The van der Waals surface area contributed by atoms with Gasteiger partial charge in [0, 0.05) is 19.6 Å². The molecular formula is C28H49N5O4. The van der Waals surface area contributed by atoms with Gasteiger partial charge >= 0.3 is 11.7 Å². The molecule has 0 aliphatic carbocycles. The summed E-state index contributed by atoms with van der Waals surface area (Å²) < 4.78 is 5.12. The van der Waals surface area contributed by atoms with Crippen LogP contribution in [-0.2, 0) is 9.53 Å². The van der Waals surface area contributed by atoms with E-state index in [0.717, 1.165) is 12.8 Å². The minimum absolute atomic E-state index is 0.0811. The fourth-order valence-corrected chi connectivity index (χ4v) is 5.01. The van der Waals surface area contributed by atoms with E-state index in [9.17, 15) is 14.9 Å². The molecule has 9 heteroatoms. The average molecular weight is 520 g/mol. The van der Waals surface area contributed by atoms with Crippen LogP contribution in [0.2, 0.25) is 0 Å². The minimum Gasteiger partial charge on any atom is -0.466 e. The summed E-state index contributed by atoms with van der Waals surface area (Å²) in [5, 5.41) is 15.1. The number of ether oxygens (including phenoxy) is 1. The van der Waals surface area contributed by atoms with Crippen LogP contribution in [0.5, 0.6) is 0 Å². The first-order valence-electron chi connectivity index (χ1n) is 14.7. The van der Waals surface area contributed by atoms with Crippen molar-refractivity contribution in [2.45, 2.75) is 117 Å². The van der Waals surface area contributed by atoms with E-state index in [2.05, 4.69) is 22.2 Å². The van der Waals surface area contributed by atoms with Gasteiger partial charge in [-0.15, -0.1) is 0 Å². The number of carbonyl (C=O) groups excluding carboxylic acids is 1. The Labute approximate surface area is 223 Å². The van der Waals surface area contributed by atoms with E-state index in [0.29, 0.717) is 44.9 Å². The van der Waals surface area contributed by atoms with Crippen molar-refractivity contribution in [1.82, 2.24) is 9.97 Å². The van der Waals surface area contributed by atoms with E-state index < -0.39 is 4.92 Å². The highest BCUT2D eigenvalue weighted by Gasteiger charge is 2.32. The molecule has 0 saturated carbocycles. The molecule has 0 bridgehead atoms. The summed E-state index contributed by atoms with van der Waals surface area (Å²) in [6.07, 6.45) is 20.8. The molecule has 0 amide bonds. The molecular weight excluding hydrogens is 470 g/mol. The normalized spacial score (nSPS) is 14.1. The van der Waals surface area contributed by atoms with Gasteiger partial charge in [0.1, 0.15) is 6.33 Å². The van der Waals surface area contributed by atoms with Crippen molar-refractivity contribution in [2.75, 3.05) is 36.5 Å². The van der Waals surface area contributed by atoms with Crippen LogP contribution >= 0.6 is 0 Å². The second-order valence-corrected chi connectivity index (χ2v) is 10.2. The zero-order valence-electron chi connectivity index (χ0n) is 23.2. The van der Waals surface area contributed by atoms with Gasteiger partial charge < -0.3 is 15.0 Å². The second kappa shape index (κ2) is 18.7. The lowest BCUT2D eigenvalue weighted by atomic mass is 9.97. The van der Waals surface area contributed by atoms with Crippen molar-refractivity contribution >= 4 is 23.3 Å². The van der Waals surface area contributed by atoms with Crippen LogP contribution in [0, 0.1) is 16.0 Å². The molecule has 0 spiro atoms. The number of nitrogens with one attached hydrogen (secondary N) is 1. The van der Waals surface area contributed by atoms with Gasteiger partial charge in [-0.3, -0.25) is 14.9 Å². The molecule has 1 aromatic heterocycles. The highest BCUT2D eigenvalue weighted by molar-refractivity contribution is 5.74. The van der Waals surface area contributed by atoms with Crippen LogP contribution in [0.15, 0.2) is 6.33 Å². The third-order valence-corrected chi connectivity index (χ3v) is 7.22. The van der Waals surface area contributed by atoms with E-state index in [1.165, 1.54) is 83.4 Å². The Balaban J connectivity index is 1.64. The Bertz CT molecular complexity index is 784. The first-order valence-corrected chi connectivity index (χ1v) is 14.7. The van der Waals surface area contributed by atoms with Crippen LogP contribution < -0.4 is 10.2 Å². The second-order valence-electron chi connectivity index (χ2n) is 10.2. The number of esters is 1. The third kappa shape index (κ3) is 11.6. The van der Waals surface area contributed by atoms with Crippen molar-refractivity contribution in [2.24, 2.45) is 5.92 Å². The summed E-state index contributed by atoms with van der Waals surface area (Å²) in [5.74, 6) is 0.257. The molecule has 1 N–H and O–H groups in total. The van der Waals surface area contributed by atoms with Crippen LogP contribution in [0.4, 0.5) is 17.3 Å². The number of piperidine rings is 1. The summed E-state index contributed by atoms with van der Waals surface area (Å²) in [5.41, 5.74) is -0.0811. The molecule has 1 fully saturated rings. The SMILES string of the molecule is CCCCCCCCCCCCCCCCNc1ncnc(N2CCC(C(=O)OCC)CC2)c1[N+](=O)[O-]. The van der Waals surface area contributed by atoms with Gasteiger partial charge in [-0.2, -0.15) is 0 Å². The highest BCUT2D eigenvalue weighted by Crippen LogP contribution is 2.34. The fourth-order valence-electron chi connectivity index (χ4n) is 5.01. The predicted octanol–water partition coefficient (Wildman–Crippen LogP) is 7.06. The van der Waals surface area contributed by atoms with Crippen molar-refractivity contribution in [3.8, 4) is 0 Å². The lowest BCUT2D eigenvalue weighted by Gasteiger charge is -2.31. The molecule has 210 valence electrons. The molecule has 1 aliphatic heterocycles. The van der Waals surface area contributed by atoms with Crippen LogP contribution in [0.25, 0.3) is 0 Å². The number of nitrogens with zero attached hydrogens (tertiary/aromatic N) is 4. The smallest absolute Gasteiger partial charge is 0.353 e. The largest absolute Gasteiger partial charge is 0.466 e. The molecule has 1 saturated heterocycles. The summed E-state index contributed by atoms with van der Waals surface area (Å²) >= 11 is 0.